The van der Waals surface area contributed by atoms with Gasteiger partial charge in [0.15, 0.2) is 0 Å². The fourth-order valence-electron chi connectivity index (χ4n) is 2.33. The van der Waals surface area contributed by atoms with Crippen LogP contribution in [0.1, 0.15) is 17.2 Å². The first-order valence-corrected chi connectivity index (χ1v) is 6.01. The average Bonchev–Trinajstić information content (AvgIpc) is 2.75. The van der Waals surface area contributed by atoms with Crippen LogP contribution in [-0.4, -0.2) is 0 Å². The van der Waals surface area contributed by atoms with Gasteiger partial charge in [0.1, 0.15) is 0 Å². The third-order valence-electron chi connectivity index (χ3n) is 3.20. The maximum atomic E-state index is 6.02. The normalized spacial score (nSPS) is 17.6. The average molecular weight is 245 g/mol. The molecule has 3 heteroatoms. The van der Waals surface area contributed by atoms with Crippen molar-refractivity contribution in [2.24, 2.45) is 0 Å². The molecule has 0 saturated carbocycles. The van der Waals surface area contributed by atoms with Gasteiger partial charge in [0.05, 0.1) is 6.04 Å². The minimum atomic E-state index is 0.228. The quantitative estimate of drug-likeness (QED) is 0.752. The Labute approximate surface area is 105 Å². The number of rotatable bonds is 1. The van der Waals surface area contributed by atoms with Crippen LogP contribution in [0.5, 0.6) is 0 Å². The third-order valence-corrected chi connectivity index (χ3v) is 3.43. The van der Waals surface area contributed by atoms with E-state index in [1.165, 1.54) is 11.3 Å². The van der Waals surface area contributed by atoms with Crippen molar-refractivity contribution in [3.63, 3.8) is 0 Å². The zero-order valence-electron chi connectivity index (χ0n) is 9.28. The number of para-hydroxylation sites is 1. The third kappa shape index (κ3) is 1.85. The van der Waals surface area contributed by atoms with Gasteiger partial charge in [-0.3, -0.25) is 0 Å². The first-order valence-electron chi connectivity index (χ1n) is 5.63. The molecular weight excluding hydrogens is 232 g/mol. The predicted molar refractivity (Wildman–Crippen MR) is 72.4 cm³/mol. The second-order valence-corrected chi connectivity index (χ2v) is 4.77. The molecule has 1 aliphatic heterocycles. The van der Waals surface area contributed by atoms with Crippen LogP contribution in [0.4, 0.5) is 11.4 Å². The number of benzene rings is 2. The molecule has 0 bridgehead atoms. The first-order chi connectivity index (χ1) is 8.24. The van der Waals surface area contributed by atoms with Gasteiger partial charge in [0.2, 0.25) is 0 Å². The van der Waals surface area contributed by atoms with E-state index in [0.29, 0.717) is 0 Å². The maximum Gasteiger partial charge on any atom is 0.0575 e. The van der Waals surface area contributed by atoms with Gasteiger partial charge in [-0.2, -0.15) is 0 Å². The number of hydrogen-bond donors (Lipinski definition) is 2. The fourth-order valence-corrected chi connectivity index (χ4v) is 2.51. The van der Waals surface area contributed by atoms with Gasteiger partial charge in [0.25, 0.3) is 0 Å². The largest absolute Gasteiger partial charge is 0.398 e. The molecule has 0 radical (unpaired) electrons. The Morgan fingerprint density at radius 1 is 1.18 bits per heavy atom. The van der Waals surface area contributed by atoms with Crippen LogP contribution >= 0.6 is 11.6 Å². The fraction of sp³-hybridized carbons (Fsp3) is 0.143. The molecule has 1 atom stereocenters. The Balaban J connectivity index is 1.96. The molecule has 0 saturated heterocycles. The zero-order valence-corrected chi connectivity index (χ0v) is 10.0. The highest BCUT2D eigenvalue weighted by atomic mass is 35.5. The van der Waals surface area contributed by atoms with E-state index in [9.17, 15) is 0 Å². The van der Waals surface area contributed by atoms with Crippen molar-refractivity contribution in [2.45, 2.75) is 12.5 Å². The Bertz CT molecular complexity index is 541. The number of nitrogens with two attached hydrogens (primary N) is 1. The van der Waals surface area contributed by atoms with Crippen LogP contribution in [0, 0.1) is 0 Å². The lowest BCUT2D eigenvalue weighted by atomic mass is 10.0. The van der Waals surface area contributed by atoms with Crippen LogP contribution in [0.25, 0.3) is 0 Å². The number of hydrogen-bond acceptors (Lipinski definition) is 2. The van der Waals surface area contributed by atoms with Crippen LogP contribution in [0.3, 0.4) is 0 Å². The summed E-state index contributed by atoms with van der Waals surface area (Å²) in [5.74, 6) is 0. The van der Waals surface area contributed by atoms with E-state index in [1.54, 1.807) is 0 Å². The first kappa shape index (κ1) is 10.5. The summed E-state index contributed by atoms with van der Waals surface area (Å²) in [5.41, 5.74) is 10.4. The molecule has 0 aromatic heterocycles. The number of halogens is 1. The van der Waals surface area contributed by atoms with Crippen molar-refractivity contribution in [1.82, 2.24) is 0 Å². The molecule has 0 aliphatic carbocycles. The van der Waals surface area contributed by atoms with E-state index in [0.717, 1.165) is 22.7 Å². The summed E-state index contributed by atoms with van der Waals surface area (Å²) in [6.45, 7) is 0. The second kappa shape index (κ2) is 3.97. The Hall–Kier alpha value is -1.67. The van der Waals surface area contributed by atoms with Crippen LogP contribution in [0.15, 0.2) is 42.5 Å². The summed E-state index contributed by atoms with van der Waals surface area (Å²) >= 11 is 6.02. The van der Waals surface area contributed by atoms with Gasteiger partial charge in [-0.05, 0) is 41.8 Å². The highest BCUT2D eigenvalue weighted by Gasteiger charge is 2.23. The molecule has 2 nitrogen and oxygen atoms in total. The van der Waals surface area contributed by atoms with Crippen molar-refractivity contribution < 1.29 is 0 Å². The maximum absolute atomic E-state index is 6.02. The summed E-state index contributed by atoms with van der Waals surface area (Å²) in [7, 11) is 0. The predicted octanol–water partition coefficient (Wildman–Crippen LogP) is 3.63. The van der Waals surface area contributed by atoms with E-state index in [2.05, 4.69) is 23.5 Å². The Morgan fingerprint density at radius 2 is 2.00 bits per heavy atom. The minimum Gasteiger partial charge on any atom is -0.398 e. The highest BCUT2D eigenvalue weighted by molar-refractivity contribution is 6.30. The second-order valence-electron chi connectivity index (χ2n) is 4.33. The van der Waals surface area contributed by atoms with Crippen molar-refractivity contribution in [3.05, 3.63) is 58.6 Å². The molecular formula is C14H13ClN2. The van der Waals surface area contributed by atoms with E-state index < -0.39 is 0 Å². The molecule has 1 heterocycles. The van der Waals surface area contributed by atoms with E-state index in [1.807, 2.05) is 24.3 Å². The molecule has 0 fully saturated rings. The lowest BCUT2D eigenvalue weighted by molar-refractivity contribution is 0.827. The molecule has 2 aromatic carbocycles. The molecule has 3 rings (SSSR count). The van der Waals surface area contributed by atoms with Gasteiger partial charge < -0.3 is 11.1 Å². The number of anilines is 2. The smallest absolute Gasteiger partial charge is 0.0575 e. The molecule has 3 N–H and O–H groups in total. The topological polar surface area (TPSA) is 38.0 Å². The van der Waals surface area contributed by atoms with Crippen LogP contribution in [-0.2, 0) is 6.42 Å². The van der Waals surface area contributed by atoms with Gasteiger partial charge in [-0.1, -0.05) is 29.8 Å². The van der Waals surface area contributed by atoms with E-state index in [-0.39, 0.29) is 6.04 Å². The van der Waals surface area contributed by atoms with Crippen molar-refractivity contribution in [2.75, 3.05) is 11.1 Å². The van der Waals surface area contributed by atoms with E-state index in [4.69, 9.17) is 17.3 Å². The van der Waals surface area contributed by atoms with E-state index >= 15 is 0 Å². The molecule has 2 aromatic rings. The summed E-state index contributed by atoms with van der Waals surface area (Å²) < 4.78 is 0. The molecule has 0 amide bonds. The SMILES string of the molecule is Nc1ccc(Cl)cc1C1Cc2ccccc2N1. The van der Waals surface area contributed by atoms with Crippen molar-refractivity contribution >= 4 is 23.0 Å². The lowest BCUT2D eigenvalue weighted by Gasteiger charge is -2.14. The molecule has 0 spiro atoms. The van der Waals surface area contributed by atoms with Crippen molar-refractivity contribution in [3.8, 4) is 0 Å². The summed E-state index contributed by atoms with van der Waals surface area (Å²) in [6.07, 6.45) is 0.959. The standard InChI is InChI=1S/C14H13ClN2/c15-10-5-6-12(16)11(8-10)14-7-9-3-1-2-4-13(9)17-14/h1-6,8,14,17H,7,16H2. The van der Waals surface area contributed by atoms with Gasteiger partial charge in [-0.15, -0.1) is 0 Å². The Kier molecular flexibility index (Phi) is 2.45. The van der Waals surface area contributed by atoms with Gasteiger partial charge >= 0.3 is 0 Å². The number of nitrogen functional groups attached to an aromatic ring is 1. The van der Waals surface area contributed by atoms with Crippen LogP contribution in [0.2, 0.25) is 5.02 Å². The van der Waals surface area contributed by atoms with Crippen molar-refractivity contribution in [1.29, 1.82) is 0 Å². The summed E-state index contributed by atoms with van der Waals surface area (Å²) in [5, 5.41) is 4.21. The molecule has 1 aliphatic rings. The number of fused-ring (bicyclic) bond motifs is 1. The van der Waals surface area contributed by atoms with Crippen LogP contribution < -0.4 is 11.1 Å². The van der Waals surface area contributed by atoms with Gasteiger partial charge in [0, 0.05) is 16.4 Å². The monoisotopic (exact) mass is 244 g/mol. The molecule has 1 unspecified atom stereocenters. The minimum absolute atomic E-state index is 0.228. The summed E-state index contributed by atoms with van der Waals surface area (Å²) in [6, 6.07) is 14.2. The Morgan fingerprint density at radius 3 is 2.82 bits per heavy atom. The zero-order chi connectivity index (χ0) is 11.8. The summed E-state index contributed by atoms with van der Waals surface area (Å²) in [4.78, 5) is 0. The molecule has 86 valence electrons. The highest BCUT2D eigenvalue weighted by Crippen LogP contribution is 2.36. The number of nitrogens with one attached hydrogen (secondary N) is 1. The molecule has 17 heavy (non-hydrogen) atoms. The van der Waals surface area contributed by atoms with Gasteiger partial charge in [-0.25, -0.2) is 0 Å². The lowest BCUT2D eigenvalue weighted by Crippen LogP contribution is -2.08.